The van der Waals surface area contributed by atoms with Crippen molar-refractivity contribution in [3.63, 3.8) is 0 Å². The molecule has 2 rings (SSSR count). The van der Waals surface area contributed by atoms with Crippen molar-refractivity contribution in [3.05, 3.63) is 35.5 Å². The molecule has 0 heterocycles. The molecule has 0 bridgehead atoms. The molecule has 0 aromatic rings. The average Bonchev–Trinajstić information content (AvgIpc) is 2.29. The molecular formula is C14H20. The molecule has 0 atom stereocenters. The van der Waals surface area contributed by atoms with Gasteiger partial charge in [-0.05, 0) is 51.4 Å². The van der Waals surface area contributed by atoms with E-state index >= 15 is 0 Å². The largest absolute Gasteiger partial charge is 0.0813 e. The van der Waals surface area contributed by atoms with Crippen LogP contribution in [0.1, 0.15) is 51.4 Å². The number of hydrogen-bond acceptors (Lipinski definition) is 0. The van der Waals surface area contributed by atoms with E-state index < -0.39 is 0 Å². The highest BCUT2D eigenvalue weighted by atomic mass is 14.1. The summed E-state index contributed by atoms with van der Waals surface area (Å²) in [5.74, 6) is 0. The zero-order chi connectivity index (χ0) is 9.64. The first-order valence-electron chi connectivity index (χ1n) is 6.01. The first-order valence-corrected chi connectivity index (χ1v) is 6.01. The van der Waals surface area contributed by atoms with Crippen LogP contribution in [-0.4, -0.2) is 0 Å². The van der Waals surface area contributed by atoms with Crippen molar-refractivity contribution < 1.29 is 0 Å². The van der Waals surface area contributed by atoms with E-state index in [9.17, 15) is 0 Å². The Labute approximate surface area is 87.4 Å². The fraction of sp³-hybridized carbons (Fsp3) is 0.571. The molecule has 2 aliphatic rings. The highest BCUT2D eigenvalue weighted by Crippen LogP contribution is 2.22. The minimum Gasteiger partial charge on any atom is -0.0813 e. The quantitative estimate of drug-likeness (QED) is 0.596. The van der Waals surface area contributed by atoms with Gasteiger partial charge in [0.1, 0.15) is 0 Å². The molecule has 0 amide bonds. The predicted octanol–water partition coefficient (Wildman–Crippen LogP) is 4.54. The molecule has 14 heavy (non-hydrogen) atoms. The summed E-state index contributed by atoms with van der Waals surface area (Å²) in [7, 11) is 0. The molecule has 0 saturated heterocycles. The SMILES string of the molecule is C(=CC1=CCCCC1)C1=CCCCC1. The van der Waals surface area contributed by atoms with Crippen LogP contribution in [0.5, 0.6) is 0 Å². The number of hydrogen-bond donors (Lipinski definition) is 0. The van der Waals surface area contributed by atoms with E-state index in [0.717, 1.165) is 0 Å². The van der Waals surface area contributed by atoms with Gasteiger partial charge in [0, 0.05) is 0 Å². The predicted molar refractivity (Wildman–Crippen MR) is 62.2 cm³/mol. The summed E-state index contributed by atoms with van der Waals surface area (Å²) < 4.78 is 0. The Morgan fingerprint density at radius 1 is 0.714 bits per heavy atom. The van der Waals surface area contributed by atoms with Crippen LogP contribution in [0.4, 0.5) is 0 Å². The lowest BCUT2D eigenvalue weighted by atomic mass is 9.96. The Hall–Kier alpha value is -0.780. The second-order valence-corrected chi connectivity index (χ2v) is 4.38. The van der Waals surface area contributed by atoms with Crippen LogP contribution in [0.25, 0.3) is 0 Å². The minimum atomic E-state index is 1.29. The molecule has 0 nitrogen and oxygen atoms in total. The van der Waals surface area contributed by atoms with Gasteiger partial charge < -0.3 is 0 Å². The molecule has 0 saturated carbocycles. The number of allylic oxidation sites excluding steroid dienone is 6. The third-order valence-corrected chi connectivity index (χ3v) is 3.16. The van der Waals surface area contributed by atoms with Gasteiger partial charge >= 0.3 is 0 Å². The third kappa shape index (κ3) is 2.87. The fourth-order valence-corrected chi connectivity index (χ4v) is 2.24. The molecule has 0 aromatic heterocycles. The second kappa shape index (κ2) is 5.19. The summed E-state index contributed by atoms with van der Waals surface area (Å²) >= 11 is 0. The van der Waals surface area contributed by atoms with Gasteiger partial charge in [-0.15, -0.1) is 0 Å². The molecule has 76 valence electrons. The maximum absolute atomic E-state index is 2.41. The molecule has 0 aromatic carbocycles. The van der Waals surface area contributed by atoms with E-state index in [2.05, 4.69) is 24.3 Å². The maximum atomic E-state index is 2.41. The lowest BCUT2D eigenvalue weighted by molar-refractivity contribution is 0.707. The average molecular weight is 188 g/mol. The first-order chi connectivity index (χ1) is 6.95. The molecule has 0 radical (unpaired) electrons. The maximum Gasteiger partial charge on any atom is -0.0282 e. The van der Waals surface area contributed by atoms with Crippen LogP contribution < -0.4 is 0 Å². The highest BCUT2D eigenvalue weighted by Gasteiger charge is 2.02. The van der Waals surface area contributed by atoms with Gasteiger partial charge in [-0.25, -0.2) is 0 Å². The van der Waals surface area contributed by atoms with Crippen molar-refractivity contribution in [2.24, 2.45) is 0 Å². The van der Waals surface area contributed by atoms with Gasteiger partial charge in [-0.3, -0.25) is 0 Å². The van der Waals surface area contributed by atoms with E-state index in [1.807, 2.05) is 0 Å². The normalized spacial score (nSPS) is 23.4. The van der Waals surface area contributed by atoms with E-state index in [0.29, 0.717) is 0 Å². The van der Waals surface area contributed by atoms with Crippen LogP contribution in [0.3, 0.4) is 0 Å². The monoisotopic (exact) mass is 188 g/mol. The summed E-state index contributed by atoms with van der Waals surface area (Å²) in [4.78, 5) is 0. The van der Waals surface area contributed by atoms with Crippen molar-refractivity contribution in [3.8, 4) is 0 Å². The Balaban J connectivity index is 1.91. The summed E-state index contributed by atoms with van der Waals surface area (Å²) in [6.07, 6.45) is 20.2. The Morgan fingerprint density at radius 3 is 1.57 bits per heavy atom. The van der Waals surface area contributed by atoms with Crippen molar-refractivity contribution >= 4 is 0 Å². The summed E-state index contributed by atoms with van der Waals surface area (Å²) in [6.45, 7) is 0. The van der Waals surface area contributed by atoms with Gasteiger partial charge in [0.05, 0.1) is 0 Å². The van der Waals surface area contributed by atoms with Crippen molar-refractivity contribution in [2.45, 2.75) is 51.4 Å². The molecule has 0 unspecified atom stereocenters. The van der Waals surface area contributed by atoms with Crippen LogP contribution in [0, 0.1) is 0 Å². The van der Waals surface area contributed by atoms with Gasteiger partial charge in [0.25, 0.3) is 0 Å². The Kier molecular flexibility index (Phi) is 3.62. The van der Waals surface area contributed by atoms with Gasteiger partial charge in [0.2, 0.25) is 0 Å². The lowest BCUT2D eigenvalue weighted by Crippen LogP contribution is -1.91. The van der Waals surface area contributed by atoms with Crippen LogP contribution in [0.2, 0.25) is 0 Å². The molecule has 0 aliphatic heterocycles. The Morgan fingerprint density at radius 2 is 1.21 bits per heavy atom. The molecule has 0 heteroatoms. The zero-order valence-corrected chi connectivity index (χ0v) is 8.97. The number of rotatable bonds is 2. The summed E-state index contributed by atoms with van der Waals surface area (Å²) in [6, 6.07) is 0. The van der Waals surface area contributed by atoms with Crippen LogP contribution in [-0.2, 0) is 0 Å². The highest BCUT2D eigenvalue weighted by molar-refractivity contribution is 5.29. The van der Waals surface area contributed by atoms with Crippen molar-refractivity contribution in [1.82, 2.24) is 0 Å². The first kappa shape index (κ1) is 9.76. The standard InChI is InChI=1S/C14H20/c1-3-7-13(8-4-1)11-12-14-9-5-2-6-10-14/h7,9,11-12H,1-6,8,10H2. The fourth-order valence-electron chi connectivity index (χ4n) is 2.24. The smallest absolute Gasteiger partial charge is 0.0282 e. The summed E-state index contributed by atoms with van der Waals surface area (Å²) in [5, 5.41) is 0. The van der Waals surface area contributed by atoms with Crippen LogP contribution in [0.15, 0.2) is 35.5 Å². The molecule has 0 spiro atoms. The summed E-state index contributed by atoms with van der Waals surface area (Å²) in [5.41, 5.74) is 3.12. The van der Waals surface area contributed by atoms with E-state index in [1.54, 1.807) is 11.1 Å². The van der Waals surface area contributed by atoms with Crippen molar-refractivity contribution in [1.29, 1.82) is 0 Å². The van der Waals surface area contributed by atoms with E-state index in [1.165, 1.54) is 51.4 Å². The molecular weight excluding hydrogens is 168 g/mol. The molecule has 0 fully saturated rings. The lowest BCUT2D eigenvalue weighted by Gasteiger charge is -2.10. The minimum absolute atomic E-state index is 1.29. The van der Waals surface area contributed by atoms with Gasteiger partial charge in [0.15, 0.2) is 0 Å². The van der Waals surface area contributed by atoms with Crippen molar-refractivity contribution in [2.75, 3.05) is 0 Å². The van der Waals surface area contributed by atoms with Crippen LogP contribution >= 0.6 is 0 Å². The zero-order valence-electron chi connectivity index (χ0n) is 8.97. The van der Waals surface area contributed by atoms with Gasteiger partial charge in [-0.2, -0.15) is 0 Å². The van der Waals surface area contributed by atoms with E-state index in [-0.39, 0.29) is 0 Å². The van der Waals surface area contributed by atoms with E-state index in [4.69, 9.17) is 0 Å². The Bertz CT molecular complexity index is 238. The van der Waals surface area contributed by atoms with Gasteiger partial charge in [-0.1, -0.05) is 35.5 Å². The third-order valence-electron chi connectivity index (χ3n) is 3.16. The topological polar surface area (TPSA) is 0 Å². The molecule has 0 N–H and O–H groups in total. The molecule has 2 aliphatic carbocycles. The second-order valence-electron chi connectivity index (χ2n) is 4.38.